The van der Waals surface area contributed by atoms with Gasteiger partial charge in [-0.05, 0) is 75.3 Å². The number of fused-ring (bicyclic) bond motifs is 5. The Hall–Kier alpha value is -6.12. The zero-order chi connectivity index (χ0) is 30.5. The molecule has 0 bridgehead atoms. The zero-order valence-corrected chi connectivity index (χ0v) is 25.1. The van der Waals surface area contributed by atoms with Crippen LogP contribution >= 0.6 is 0 Å². The molecule has 0 aliphatic carbocycles. The Kier molecular flexibility index (Phi) is 6.17. The smallest absolute Gasteiger partial charge is 0.136 e. The summed E-state index contributed by atoms with van der Waals surface area (Å²) in [4.78, 5) is 2.41. The van der Waals surface area contributed by atoms with Gasteiger partial charge in [0.05, 0.1) is 11.4 Å². The lowest BCUT2D eigenvalue weighted by atomic mass is 9.95. The van der Waals surface area contributed by atoms with Gasteiger partial charge >= 0.3 is 0 Å². The molecule has 0 unspecified atom stereocenters. The van der Waals surface area contributed by atoms with Crippen LogP contribution in [0.25, 0.3) is 65.7 Å². The number of furan rings is 1. The number of benzene rings is 8. The van der Waals surface area contributed by atoms with Crippen LogP contribution in [0.1, 0.15) is 0 Å². The fraction of sp³-hybridized carbons (Fsp3) is 0. The third kappa shape index (κ3) is 4.35. The first-order valence-electron chi connectivity index (χ1n) is 15.7. The summed E-state index contributed by atoms with van der Waals surface area (Å²) in [5.74, 6) is 0. The lowest BCUT2D eigenvalue weighted by Gasteiger charge is -2.29. The summed E-state index contributed by atoms with van der Waals surface area (Å²) in [6.45, 7) is 0. The van der Waals surface area contributed by atoms with Crippen LogP contribution in [-0.4, -0.2) is 0 Å². The van der Waals surface area contributed by atoms with Gasteiger partial charge in [0.2, 0.25) is 0 Å². The number of rotatable bonds is 5. The van der Waals surface area contributed by atoms with E-state index in [0.717, 1.165) is 50.1 Å². The second-order valence-corrected chi connectivity index (χ2v) is 11.7. The molecule has 0 atom stereocenters. The van der Waals surface area contributed by atoms with Crippen molar-refractivity contribution in [3.05, 3.63) is 176 Å². The van der Waals surface area contributed by atoms with Crippen molar-refractivity contribution >= 4 is 60.5 Å². The fourth-order valence-corrected chi connectivity index (χ4v) is 6.88. The highest BCUT2D eigenvalue weighted by Crippen LogP contribution is 2.46. The summed E-state index contributed by atoms with van der Waals surface area (Å²) < 4.78 is 6.49. The van der Waals surface area contributed by atoms with Crippen LogP contribution in [0, 0.1) is 0 Å². The van der Waals surface area contributed by atoms with Crippen LogP contribution in [0.3, 0.4) is 0 Å². The van der Waals surface area contributed by atoms with E-state index in [1.165, 1.54) is 32.7 Å². The third-order valence-corrected chi connectivity index (χ3v) is 9.04. The van der Waals surface area contributed by atoms with E-state index in [1.54, 1.807) is 0 Å². The van der Waals surface area contributed by atoms with E-state index in [0.29, 0.717) is 0 Å². The normalized spacial score (nSPS) is 11.5. The van der Waals surface area contributed by atoms with Crippen molar-refractivity contribution in [1.29, 1.82) is 0 Å². The minimum Gasteiger partial charge on any atom is -0.456 e. The van der Waals surface area contributed by atoms with Crippen LogP contribution in [0.4, 0.5) is 17.1 Å². The molecule has 9 aromatic rings. The Balaban J connectivity index is 1.30. The molecule has 1 heterocycles. The van der Waals surface area contributed by atoms with Crippen LogP contribution in [-0.2, 0) is 0 Å². The van der Waals surface area contributed by atoms with E-state index in [9.17, 15) is 0 Å². The second kappa shape index (κ2) is 10.8. The highest BCUT2D eigenvalue weighted by atomic mass is 16.3. The Morgan fingerprint density at radius 3 is 1.83 bits per heavy atom. The largest absolute Gasteiger partial charge is 0.456 e. The molecule has 0 spiro atoms. The maximum atomic E-state index is 6.49. The quantitative estimate of drug-likeness (QED) is 0.199. The molecule has 8 aromatic carbocycles. The molecule has 1 aromatic heterocycles. The SMILES string of the molecule is c1ccc(-c2ccc(N(c3ccccc3-c3cccc4oc5cc6ccccc6cc5c34)c3cccc4ccccc34)cc2)cc1. The van der Waals surface area contributed by atoms with Gasteiger partial charge in [0.1, 0.15) is 11.2 Å². The van der Waals surface area contributed by atoms with Crippen LogP contribution in [0.2, 0.25) is 0 Å². The van der Waals surface area contributed by atoms with Gasteiger partial charge in [-0.3, -0.25) is 0 Å². The Labute approximate surface area is 267 Å². The summed E-state index contributed by atoms with van der Waals surface area (Å²) >= 11 is 0. The van der Waals surface area contributed by atoms with Gasteiger partial charge in [-0.2, -0.15) is 0 Å². The molecule has 0 radical (unpaired) electrons. The predicted octanol–water partition coefficient (Wildman–Crippen LogP) is 12.7. The van der Waals surface area contributed by atoms with Crippen molar-refractivity contribution < 1.29 is 4.42 Å². The molecule has 0 N–H and O–H groups in total. The first kappa shape index (κ1) is 26.3. The van der Waals surface area contributed by atoms with Gasteiger partial charge in [0, 0.05) is 27.4 Å². The first-order chi connectivity index (χ1) is 22.8. The molecular weight excluding hydrogens is 558 g/mol. The first-order valence-corrected chi connectivity index (χ1v) is 15.7. The van der Waals surface area contributed by atoms with Crippen LogP contribution in [0.15, 0.2) is 180 Å². The van der Waals surface area contributed by atoms with Crippen molar-refractivity contribution in [3.8, 4) is 22.3 Å². The molecular formula is C44H29NO. The highest BCUT2D eigenvalue weighted by molar-refractivity contribution is 6.17. The van der Waals surface area contributed by atoms with Crippen molar-refractivity contribution in [3.63, 3.8) is 0 Å². The standard InChI is InChI=1S/C44H29NO/c1-2-12-30(13-3-1)31-24-26-35(27-25-31)45(40-22-10-17-32-14-6-7-18-36(32)40)41-21-9-8-19-37(41)38-20-11-23-42-44(38)39-28-33-15-4-5-16-34(33)29-43(39)46-42/h1-29H. The van der Waals surface area contributed by atoms with E-state index in [2.05, 4.69) is 181 Å². The van der Waals surface area contributed by atoms with E-state index >= 15 is 0 Å². The number of para-hydroxylation sites is 1. The van der Waals surface area contributed by atoms with Gasteiger partial charge in [0.15, 0.2) is 0 Å². The monoisotopic (exact) mass is 587 g/mol. The van der Waals surface area contributed by atoms with Crippen molar-refractivity contribution in [2.45, 2.75) is 0 Å². The molecule has 0 fully saturated rings. The van der Waals surface area contributed by atoms with E-state index in [-0.39, 0.29) is 0 Å². The minimum atomic E-state index is 0.890. The van der Waals surface area contributed by atoms with Crippen molar-refractivity contribution in [2.75, 3.05) is 4.90 Å². The second-order valence-electron chi connectivity index (χ2n) is 11.7. The van der Waals surface area contributed by atoms with Gasteiger partial charge in [0.25, 0.3) is 0 Å². The molecule has 0 aliphatic rings. The Bertz CT molecular complexity index is 2520. The average Bonchev–Trinajstić information content (AvgIpc) is 3.49. The summed E-state index contributed by atoms with van der Waals surface area (Å²) in [6.07, 6.45) is 0. The third-order valence-electron chi connectivity index (χ3n) is 9.04. The number of hydrogen-bond acceptors (Lipinski definition) is 2. The molecule has 216 valence electrons. The maximum Gasteiger partial charge on any atom is 0.136 e. The lowest BCUT2D eigenvalue weighted by Crippen LogP contribution is -2.11. The molecule has 0 saturated carbocycles. The van der Waals surface area contributed by atoms with Crippen LogP contribution in [0.5, 0.6) is 0 Å². The highest BCUT2D eigenvalue weighted by Gasteiger charge is 2.21. The number of hydrogen-bond donors (Lipinski definition) is 0. The number of anilines is 3. The summed E-state index contributed by atoms with van der Waals surface area (Å²) in [7, 11) is 0. The Morgan fingerprint density at radius 1 is 0.370 bits per heavy atom. The fourth-order valence-electron chi connectivity index (χ4n) is 6.88. The molecule has 0 aliphatic heterocycles. The molecule has 9 rings (SSSR count). The van der Waals surface area contributed by atoms with Gasteiger partial charge in [-0.25, -0.2) is 0 Å². The molecule has 0 amide bonds. The average molecular weight is 588 g/mol. The van der Waals surface area contributed by atoms with Crippen molar-refractivity contribution in [2.24, 2.45) is 0 Å². The lowest BCUT2D eigenvalue weighted by molar-refractivity contribution is 0.669. The number of nitrogens with zero attached hydrogens (tertiary/aromatic N) is 1. The van der Waals surface area contributed by atoms with Gasteiger partial charge in [-0.15, -0.1) is 0 Å². The molecule has 2 heteroatoms. The maximum absolute atomic E-state index is 6.49. The van der Waals surface area contributed by atoms with Gasteiger partial charge in [-0.1, -0.05) is 133 Å². The molecule has 2 nitrogen and oxygen atoms in total. The zero-order valence-electron chi connectivity index (χ0n) is 25.1. The molecule has 0 saturated heterocycles. The summed E-state index contributed by atoms with van der Waals surface area (Å²) in [5.41, 5.74) is 9.82. The minimum absolute atomic E-state index is 0.890. The topological polar surface area (TPSA) is 16.4 Å². The van der Waals surface area contributed by atoms with E-state index < -0.39 is 0 Å². The van der Waals surface area contributed by atoms with E-state index in [1.807, 2.05) is 0 Å². The summed E-state index contributed by atoms with van der Waals surface area (Å²) in [6, 6.07) is 62.7. The molecule has 46 heavy (non-hydrogen) atoms. The Morgan fingerprint density at radius 2 is 0.978 bits per heavy atom. The van der Waals surface area contributed by atoms with Gasteiger partial charge < -0.3 is 9.32 Å². The summed E-state index contributed by atoms with van der Waals surface area (Å²) in [5, 5.41) is 7.05. The van der Waals surface area contributed by atoms with Crippen molar-refractivity contribution in [1.82, 2.24) is 0 Å². The predicted molar refractivity (Wildman–Crippen MR) is 194 cm³/mol. The van der Waals surface area contributed by atoms with E-state index in [4.69, 9.17) is 4.42 Å². The van der Waals surface area contributed by atoms with Crippen LogP contribution < -0.4 is 4.90 Å².